The summed E-state index contributed by atoms with van der Waals surface area (Å²) >= 11 is 0. The summed E-state index contributed by atoms with van der Waals surface area (Å²) in [5.41, 5.74) is 1.13. The minimum atomic E-state index is 0. The van der Waals surface area contributed by atoms with Gasteiger partial charge in [-0.05, 0) is 44.4 Å². The fourth-order valence-electron chi connectivity index (χ4n) is 3.38. The highest BCUT2D eigenvalue weighted by molar-refractivity contribution is 14.0. The van der Waals surface area contributed by atoms with Gasteiger partial charge in [-0.3, -0.25) is 9.89 Å². The van der Waals surface area contributed by atoms with E-state index >= 15 is 0 Å². The van der Waals surface area contributed by atoms with E-state index in [-0.39, 0.29) is 30.0 Å². The van der Waals surface area contributed by atoms with Gasteiger partial charge in [0.1, 0.15) is 0 Å². The second-order valence-corrected chi connectivity index (χ2v) is 7.41. The molecule has 30 heavy (non-hydrogen) atoms. The van der Waals surface area contributed by atoms with Gasteiger partial charge in [-0.15, -0.1) is 24.0 Å². The minimum Gasteiger partial charge on any atom is -0.490 e. The SMILES string of the molecule is CCOc1ccc(C(C)NC(=NC)NCC(C)CN2CCOCC2)cc1OCC.I. The molecule has 1 saturated heterocycles. The number of guanidine groups is 1. The van der Waals surface area contributed by atoms with Gasteiger partial charge < -0.3 is 24.8 Å². The number of rotatable bonds is 10. The average Bonchev–Trinajstić information content (AvgIpc) is 2.73. The molecule has 8 heteroatoms. The standard InChI is InChI=1S/C22H38N4O3.HI/c1-6-28-20-9-8-19(14-21(20)29-7-2)18(4)25-22(23-5)24-15-17(3)16-26-10-12-27-13-11-26;/h8-9,14,17-18H,6-7,10-13,15-16H2,1-5H3,(H2,23,24,25);1H. The maximum absolute atomic E-state index is 5.75. The summed E-state index contributed by atoms with van der Waals surface area (Å²) in [6.07, 6.45) is 0. The topological polar surface area (TPSA) is 67.4 Å². The van der Waals surface area contributed by atoms with Gasteiger partial charge in [0, 0.05) is 33.2 Å². The highest BCUT2D eigenvalue weighted by atomic mass is 127. The third-order valence-electron chi connectivity index (χ3n) is 4.94. The van der Waals surface area contributed by atoms with Crippen LogP contribution in [0.4, 0.5) is 0 Å². The predicted octanol–water partition coefficient (Wildman–Crippen LogP) is 3.30. The molecule has 0 aliphatic carbocycles. The van der Waals surface area contributed by atoms with Crippen LogP contribution in [0.15, 0.2) is 23.2 Å². The number of aliphatic imine (C=N–C) groups is 1. The maximum Gasteiger partial charge on any atom is 0.191 e. The number of hydrogen-bond acceptors (Lipinski definition) is 5. The van der Waals surface area contributed by atoms with E-state index in [4.69, 9.17) is 14.2 Å². The van der Waals surface area contributed by atoms with E-state index in [0.29, 0.717) is 19.1 Å². The van der Waals surface area contributed by atoms with E-state index in [9.17, 15) is 0 Å². The van der Waals surface area contributed by atoms with Crippen LogP contribution in [-0.4, -0.2) is 70.5 Å². The number of benzene rings is 1. The van der Waals surface area contributed by atoms with Gasteiger partial charge >= 0.3 is 0 Å². The molecular formula is C22H39IN4O3. The highest BCUT2D eigenvalue weighted by Crippen LogP contribution is 2.30. The van der Waals surface area contributed by atoms with Crippen LogP contribution in [0, 0.1) is 5.92 Å². The number of hydrogen-bond donors (Lipinski definition) is 2. The summed E-state index contributed by atoms with van der Waals surface area (Å²) in [7, 11) is 1.80. The first kappa shape index (κ1) is 26.8. The lowest BCUT2D eigenvalue weighted by atomic mass is 10.1. The van der Waals surface area contributed by atoms with Crippen LogP contribution in [0.5, 0.6) is 11.5 Å². The quantitative estimate of drug-likeness (QED) is 0.273. The van der Waals surface area contributed by atoms with Crippen molar-refractivity contribution in [2.24, 2.45) is 10.9 Å². The van der Waals surface area contributed by atoms with Crippen LogP contribution in [-0.2, 0) is 4.74 Å². The van der Waals surface area contributed by atoms with Crippen molar-refractivity contribution < 1.29 is 14.2 Å². The fraction of sp³-hybridized carbons (Fsp3) is 0.682. The zero-order chi connectivity index (χ0) is 21.1. The van der Waals surface area contributed by atoms with Crippen LogP contribution < -0.4 is 20.1 Å². The summed E-state index contributed by atoms with van der Waals surface area (Å²) in [4.78, 5) is 6.85. The number of nitrogens with one attached hydrogen (secondary N) is 2. The summed E-state index contributed by atoms with van der Waals surface area (Å²) in [5.74, 6) is 2.89. The van der Waals surface area contributed by atoms with Crippen LogP contribution in [0.25, 0.3) is 0 Å². The molecule has 0 aromatic heterocycles. The van der Waals surface area contributed by atoms with Gasteiger partial charge in [0.25, 0.3) is 0 Å². The Hall–Kier alpha value is -1.26. The first-order valence-electron chi connectivity index (χ1n) is 10.7. The average molecular weight is 534 g/mol. The predicted molar refractivity (Wildman–Crippen MR) is 134 cm³/mol. The fourth-order valence-corrected chi connectivity index (χ4v) is 3.38. The molecular weight excluding hydrogens is 495 g/mol. The van der Waals surface area contributed by atoms with Crippen molar-refractivity contribution in [3.05, 3.63) is 23.8 Å². The van der Waals surface area contributed by atoms with E-state index in [1.54, 1.807) is 7.05 Å². The van der Waals surface area contributed by atoms with E-state index in [1.165, 1.54) is 0 Å². The molecule has 172 valence electrons. The van der Waals surface area contributed by atoms with Crippen molar-refractivity contribution in [1.82, 2.24) is 15.5 Å². The molecule has 2 N–H and O–H groups in total. The Morgan fingerprint density at radius 2 is 1.80 bits per heavy atom. The van der Waals surface area contributed by atoms with Gasteiger partial charge in [-0.25, -0.2) is 0 Å². The van der Waals surface area contributed by atoms with Crippen molar-refractivity contribution in [3.63, 3.8) is 0 Å². The highest BCUT2D eigenvalue weighted by Gasteiger charge is 2.15. The van der Waals surface area contributed by atoms with E-state index in [1.807, 2.05) is 26.0 Å². The molecule has 1 fully saturated rings. The van der Waals surface area contributed by atoms with Crippen LogP contribution in [0.3, 0.4) is 0 Å². The number of halogens is 1. The number of morpholine rings is 1. The lowest BCUT2D eigenvalue weighted by Crippen LogP contribution is -2.44. The Bertz CT molecular complexity index is 639. The van der Waals surface area contributed by atoms with Gasteiger partial charge in [-0.2, -0.15) is 0 Å². The molecule has 0 saturated carbocycles. The molecule has 0 amide bonds. The van der Waals surface area contributed by atoms with E-state index in [2.05, 4.69) is 40.4 Å². The summed E-state index contributed by atoms with van der Waals surface area (Å²) in [6, 6.07) is 6.17. The lowest BCUT2D eigenvalue weighted by molar-refractivity contribution is 0.0320. The molecule has 1 heterocycles. The maximum atomic E-state index is 5.75. The zero-order valence-corrected chi connectivity index (χ0v) is 21.4. The Morgan fingerprint density at radius 1 is 1.13 bits per heavy atom. The van der Waals surface area contributed by atoms with E-state index < -0.39 is 0 Å². The molecule has 7 nitrogen and oxygen atoms in total. The third kappa shape index (κ3) is 8.85. The zero-order valence-electron chi connectivity index (χ0n) is 19.1. The van der Waals surface area contributed by atoms with Crippen LogP contribution in [0.1, 0.15) is 39.3 Å². The molecule has 1 aliphatic rings. The van der Waals surface area contributed by atoms with Crippen LogP contribution >= 0.6 is 24.0 Å². The van der Waals surface area contributed by atoms with Gasteiger partial charge in [0.15, 0.2) is 17.5 Å². The first-order chi connectivity index (χ1) is 14.1. The Labute approximate surface area is 199 Å². The Morgan fingerprint density at radius 3 is 2.43 bits per heavy atom. The molecule has 2 unspecified atom stereocenters. The normalized spacial score (nSPS) is 16.9. The first-order valence-corrected chi connectivity index (χ1v) is 10.7. The molecule has 0 radical (unpaired) electrons. The van der Waals surface area contributed by atoms with Crippen molar-refractivity contribution in [1.29, 1.82) is 0 Å². The largest absolute Gasteiger partial charge is 0.490 e. The molecule has 1 aliphatic heterocycles. The van der Waals surface area contributed by atoms with Crippen LogP contribution in [0.2, 0.25) is 0 Å². The van der Waals surface area contributed by atoms with Gasteiger partial charge in [0.2, 0.25) is 0 Å². The molecule has 1 aromatic carbocycles. The van der Waals surface area contributed by atoms with Crippen molar-refractivity contribution in [3.8, 4) is 11.5 Å². The van der Waals surface area contributed by atoms with E-state index in [0.717, 1.165) is 62.4 Å². The van der Waals surface area contributed by atoms with Crippen molar-refractivity contribution in [2.75, 3.05) is 59.7 Å². The summed E-state index contributed by atoms with van der Waals surface area (Å²) < 4.78 is 16.8. The van der Waals surface area contributed by atoms with Gasteiger partial charge in [0.05, 0.1) is 32.5 Å². The molecule has 1 aromatic rings. The molecule has 0 bridgehead atoms. The molecule has 2 atom stereocenters. The van der Waals surface area contributed by atoms with Crippen molar-refractivity contribution >= 4 is 29.9 Å². The second-order valence-electron chi connectivity index (χ2n) is 7.41. The number of ether oxygens (including phenoxy) is 3. The Kier molecular flexibility index (Phi) is 13.1. The molecule has 2 rings (SSSR count). The second kappa shape index (κ2) is 14.7. The summed E-state index contributed by atoms with van der Waals surface area (Å²) in [5, 5.41) is 6.93. The van der Waals surface area contributed by atoms with Gasteiger partial charge in [-0.1, -0.05) is 13.0 Å². The number of nitrogens with zero attached hydrogens (tertiary/aromatic N) is 2. The molecule has 0 spiro atoms. The smallest absolute Gasteiger partial charge is 0.191 e. The lowest BCUT2D eigenvalue weighted by Gasteiger charge is -2.29. The monoisotopic (exact) mass is 534 g/mol. The summed E-state index contributed by atoms with van der Waals surface area (Å²) in [6.45, 7) is 15.2. The van der Waals surface area contributed by atoms with Crippen molar-refractivity contribution in [2.45, 2.75) is 33.7 Å². The third-order valence-corrected chi connectivity index (χ3v) is 4.94. The minimum absolute atomic E-state index is 0. The Balaban J connectivity index is 0.00000450.